The zero-order valence-electron chi connectivity index (χ0n) is 10.3. The summed E-state index contributed by atoms with van der Waals surface area (Å²) in [6.07, 6.45) is 1.67. The van der Waals surface area contributed by atoms with Crippen molar-refractivity contribution >= 4 is 28.3 Å². The van der Waals surface area contributed by atoms with Gasteiger partial charge in [0, 0.05) is 22.7 Å². The maximum atomic E-state index is 13.2. The lowest BCUT2D eigenvalue weighted by Gasteiger charge is -2.06. The molecule has 0 aliphatic rings. The summed E-state index contributed by atoms with van der Waals surface area (Å²) in [6.45, 7) is 0. The van der Waals surface area contributed by atoms with Gasteiger partial charge in [-0.05, 0) is 30.3 Å². The Morgan fingerprint density at radius 1 is 1.10 bits per heavy atom. The molecule has 2 nitrogen and oxygen atoms in total. The Morgan fingerprint density at radius 2 is 1.95 bits per heavy atom. The molecule has 0 bridgehead atoms. The van der Waals surface area contributed by atoms with Gasteiger partial charge in [-0.1, -0.05) is 29.8 Å². The largest absolute Gasteiger partial charge is 0.289 e. The van der Waals surface area contributed by atoms with Crippen LogP contribution in [0.3, 0.4) is 0 Å². The standard InChI is InChI=1S/C16H9ClFNO/c17-13-9-10(6-7-14(13)18)16(20)12-3-1-5-15-11(12)4-2-8-19-15/h1-9H. The van der Waals surface area contributed by atoms with Crippen molar-refractivity contribution in [3.05, 3.63) is 76.7 Å². The Hall–Kier alpha value is -2.26. The number of nitrogens with zero attached hydrogens (tertiary/aromatic N) is 1. The van der Waals surface area contributed by atoms with Gasteiger partial charge in [-0.15, -0.1) is 0 Å². The molecule has 0 fully saturated rings. The van der Waals surface area contributed by atoms with E-state index in [0.29, 0.717) is 11.1 Å². The van der Waals surface area contributed by atoms with Gasteiger partial charge >= 0.3 is 0 Å². The highest BCUT2D eigenvalue weighted by Crippen LogP contribution is 2.22. The molecule has 98 valence electrons. The molecule has 3 rings (SSSR count). The number of carbonyl (C=O) groups excluding carboxylic acids is 1. The predicted molar refractivity (Wildman–Crippen MR) is 76.6 cm³/mol. The topological polar surface area (TPSA) is 30.0 Å². The molecule has 1 aromatic heterocycles. The molecule has 0 amide bonds. The molecule has 4 heteroatoms. The zero-order valence-corrected chi connectivity index (χ0v) is 11.1. The third kappa shape index (κ3) is 2.17. The zero-order chi connectivity index (χ0) is 14.1. The molecule has 0 spiro atoms. The number of carbonyl (C=O) groups is 1. The van der Waals surface area contributed by atoms with Gasteiger partial charge in [0.1, 0.15) is 5.82 Å². The van der Waals surface area contributed by atoms with E-state index in [1.165, 1.54) is 18.2 Å². The quantitative estimate of drug-likeness (QED) is 0.659. The van der Waals surface area contributed by atoms with Crippen LogP contribution in [-0.2, 0) is 0 Å². The summed E-state index contributed by atoms with van der Waals surface area (Å²) < 4.78 is 13.2. The van der Waals surface area contributed by atoms with E-state index in [-0.39, 0.29) is 10.8 Å². The van der Waals surface area contributed by atoms with Gasteiger partial charge in [0.05, 0.1) is 10.5 Å². The van der Waals surface area contributed by atoms with Crippen LogP contribution in [0, 0.1) is 5.82 Å². The van der Waals surface area contributed by atoms with Gasteiger partial charge < -0.3 is 0 Å². The Morgan fingerprint density at radius 3 is 2.75 bits per heavy atom. The fourth-order valence-electron chi connectivity index (χ4n) is 2.09. The Kier molecular flexibility index (Phi) is 3.20. The second-order valence-electron chi connectivity index (χ2n) is 4.33. The highest BCUT2D eigenvalue weighted by Gasteiger charge is 2.14. The molecule has 0 aliphatic carbocycles. The first-order valence-corrected chi connectivity index (χ1v) is 6.38. The monoisotopic (exact) mass is 285 g/mol. The lowest BCUT2D eigenvalue weighted by atomic mass is 9.99. The average molecular weight is 286 g/mol. The van der Waals surface area contributed by atoms with Crippen molar-refractivity contribution in [3.63, 3.8) is 0 Å². The lowest BCUT2D eigenvalue weighted by Crippen LogP contribution is -2.02. The van der Waals surface area contributed by atoms with Crippen LogP contribution < -0.4 is 0 Å². The molecule has 0 saturated carbocycles. The number of fused-ring (bicyclic) bond motifs is 1. The highest BCUT2D eigenvalue weighted by molar-refractivity contribution is 6.31. The summed E-state index contributed by atoms with van der Waals surface area (Å²) in [6, 6.07) is 12.9. The average Bonchev–Trinajstić information content (AvgIpc) is 2.49. The van der Waals surface area contributed by atoms with Crippen LogP contribution in [0.4, 0.5) is 4.39 Å². The van der Waals surface area contributed by atoms with Crippen LogP contribution in [0.2, 0.25) is 5.02 Å². The van der Waals surface area contributed by atoms with Crippen molar-refractivity contribution in [2.75, 3.05) is 0 Å². The van der Waals surface area contributed by atoms with E-state index in [4.69, 9.17) is 11.6 Å². The molecule has 0 radical (unpaired) electrons. The number of halogens is 2. The van der Waals surface area contributed by atoms with E-state index in [2.05, 4.69) is 4.98 Å². The smallest absolute Gasteiger partial charge is 0.193 e. The Bertz CT molecular complexity index is 811. The molecule has 0 aliphatic heterocycles. The van der Waals surface area contributed by atoms with Crippen molar-refractivity contribution in [3.8, 4) is 0 Å². The van der Waals surface area contributed by atoms with Crippen LogP contribution in [0.5, 0.6) is 0 Å². The summed E-state index contributed by atoms with van der Waals surface area (Å²) in [4.78, 5) is 16.7. The molecule has 3 aromatic rings. The summed E-state index contributed by atoms with van der Waals surface area (Å²) in [5.74, 6) is -0.742. The third-order valence-corrected chi connectivity index (χ3v) is 3.36. The van der Waals surface area contributed by atoms with Crippen molar-refractivity contribution < 1.29 is 9.18 Å². The molecule has 20 heavy (non-hydrogen) atoms. The van der Waals surface area contributed by atoms with Gasteiger partial charge in [0.15, 0.2) is 5.78 Å². The number of ketones is 1. The molecular weight excluding hydrogens is 277 g/mol. The fraction of sp³-hybridized carbons (Fsp3) is 0. The van der Waals surface area contributed by atoms with Gasteiger partial charge in [0.25, 0.3) is 0 Å². The highest BCUT2D eigenvalue weighted by atomic mass is 35.5. The summed E-state index contributed by atoms with van der Waals surface area (Å²) in [7, 11) is 0. The van der Waals surface area contributed by atoms with E-state index in [9.17, 15) is 9.18 Å². The van der Waals surface area contributed by atoms with Crippen LogP contribution >= 0.6 is 11.6 Å². The second kappa shape index (κ2) is 5.02. The third-order valence-electron chi connectivity index (χ3n) is 3.07. The lowest BCUT2D eigenvalue weighted by molar-refractivity contribution is 0.104. The Balaban J connectivity index is 2.15. The van der Waals surface area contributed by atoms with Crippen molar-refractivity contribution in [1.29, 1.82) is 0 Å². The predicted octanol–water partition coefficient (Wildman–Crippen LogP) is 4.26. The van der Waals surface area contributed by atoms with E-state index in [1.54, 1.807) is 24.4 Å². The van der Waals surface area contributed by atoms with Crippen LogP contribution in [-0.4, -0.2) is 10.8 Å². The van der Waals surface area contributed by atoms with Crippen molar-refractivity contribution in [2.24, 2.45) is 0 Å². The number of hydrogen-bond donors (Lipinski definition) is 0. The molecular formula is C16H9ClFNO. The summed E-state index contributed by atoms with van der Waals surface area (Å²) in [5, 5.41) is 0.703. The molecule has 1 heterocycles. The van der Waals surface area contributed by atoms with E-state index >= 15 is 0 Å². The van der Waals surface area contributed by atoms with Gasteiger partial charge in [-0.3, -0.25) is 9.78 Å². The van der Waals surface area contributed by atoms with Crippen LogP contribution in [0.1, 0.15) is 15.9 Å². The maximum Gasteiger partial charge on any atom is 0.193 e. The fourth-order valence-corrected chi connectivity index (χ4v) is 2.27. The van der Waals surface area contributed by atoms with Gasteiger partial charge in [0.2, 0.25) is 0 Å². The van der Waals surface area contributed by atoms with Crippen LogP contribution in [0.15, 0.2) is 54.7 Å². The first-order valence-electron chi connectivity index (χ1n) is 6.00. The van der Waals surface area contributed by atoms with E-state index in [0.717, 1.165) is 10.9 Å². The summed E-state index contributed by atoms with van der Waals surface area (Å²) >= 11 is 5.72. The van der Waals surface area contributed by atoms with Gasteiger partial charge in [-0.2, -0.15) is 0 Å². The number of pyridine rings is 1. The minimum absolute atomic E-state index is 0.0609. The van der Waals surface area contributed by atoms with Crippen molar-refractivity contribution in [1.82, 2.24) is 4.98 Å². The SMILES string of the molecule is O=C(c1ccc(F)c(Cl)c1)c1cccc2ncccc12. The van der Waals surface area contributed by atoms with E-state index < -0.39 is 5.82 Å². The van der Waals surface area contributed by atoms with E-state index in [1.807, 2.05) is 12.1 Å². The van der Waals surface area contributed by atoms with Crippen LogP contribution in [0.25, 0.3) is 10.9 Å². The summed E-state index contributed by atoms with van der Waals surface area (Å²) in [5.41, 5.74) is 1.62. The normalized spacial score (nSPS) is 10.7. The van der Waals surface area contributed by atoms with Crippen molar-refractivity contribution in [2.45, 2.75) is 0 Å². The molecule has 0 atom stereocenters. The molecule has 2 aromatic carbocycles. The minimum atomic E-state index is -0.539. The first-order chi connectivity index (χ1) is 9.66. The maximum absolute atomic E-state index is 13.2. The number of benzene rings is 2. The number of rotatable bonds is 2. The molecule has 0 N–H and O–H groups in total. The molecule has 0 unspecified atom stereocenters. The molecule has 0 saturated heterocycles. The number of aromatic nitrogens is 1. The van der Waals surface area contributed by atoms with Gasteiger partial charge in [-0.25, -0.2) is 4.39 Å². The first kappa shape index (κ1) is 12.8. The minimum Gasteiger partial charge on any atom is -0.289 e. The second-order valence-corrected chi connectivity index (χ2v) is 4.74. The number of hydrogen-bond acceptors (Lipinski definition) is 2. The Labute approximate surface area is 119 Å².